The minimum absolute atomic E-state index is 0.838. The van der Waals surface area contributed by atoms with Gasteiger partial charge < -0.3 is 5.32 Å². The molecule has 0 aliphatic heterocycles. The van der Waals surface area contributed by atoms with Gasteiger partial charge in [0.1, 0.15) is 0 Å². The van der Waals surface area contributed by atoms with Crippen molar-refractivity contribution in [3.05, 3.63) is 66.5 Å². The van der Waals surface area contributed by atoms with Crippen LogP contribution in [0.2, 0.25) is 0 Å². The van der Waals surface area contributed by atoms with Crippen LogP contribution in [0.15, 0.2) is 60.9 Å². The average molecular weight is 266 g/mol. The zero-order chi connectivity index (χ0) is 14.2. The zero-order valence-electron chi connectivity index (χ0n) is 12.1. The Balaban J connectivity index is 1.90. The lowest BCUT2D eigenvalue weighted by Gasteiger charge is -2.09. The van der Waals surface area contributed by atoms with Crippen LogP contribution in [0.1, 0.15) is 31.7 Å². The van der Waals surface area contributed by atoms with E-state index in [1.807, 2.05) is 24.4 Å². The smallest absolute Gasteiger partial charge is 0.0701 e. The van der Waals surface area contributed by atoms with Gasteiger partial charge in [-0.25, -0.2) is 0 Å². The van der Waals surface area contributed by atoms with Crippen molar-refractivity contribution in [2.75, 3.05) is 0 Å². The Hall–Kier alpha value is -2.09. The van der Waals surface area contributed by atoms with E-state index in [4.69, 9.17) is 0 Å². The number of allylic oxidation sites excluding steroid dienone is 1. The Labute approximate surface area is 121 Å². The third kappa shape index (κ3) is 4.23. The quantitative estimate of drug-likeness (QED) is 0.795. The van der Waals surface area contributed by atoms with Crippen LogP contribution in [-0.4, -0.2) is 4.98 Å². The molecule has 1 heterocycles. The van der Waals surface area contributed by atoms with Crippen LogP contribution < -0.4 is 5.32 Å². The topological polar surface area (TPSA) is 24.9 Å². The SMILES string of the molecule is C=C(CCCC)NCc1ccc(-c2ccccn2)cc1. The molecular weight excluding hydrogens is 244 g/mol. The van der Waals surface area contributed by atoms with Crippen molar-refractivity contribution >= 4 is 0 Å². The van der Waals surface area contributed by atoms with Crippen LogP contribution in [0.3, 0.4) is 0 Å². The van der Waals surface area contributed by atoms with Crippen LogP contribution in [0.25, 0.3) is 11.3 Å². The normalized spacial score (nSPS) is 10.2. The van der Waals surface area contributed by atoms with Crippen molar-refractivity contribution in [1.82, 2.24) is 10.3 Å². The Morgan fingerprint density at radius 2 is 1.95 bits per heavy atom. The first kappa shape index (κ1) is 14.3. The number of rotatable bonds is 7. The van der Waals surface area contributed by atoms with Gasteiger partial charge in [-0.05, 0) is 30.5 Å². The molecule has 2 nitrogen and oxygen atoms in total. The van der Waals surface area contributed by atoms with Gasteiger partial charge in [0.15, 0.2) is 0 Å². The van der Waals surface area contributed by atoms with Gasteiger partial charge in [-0.3, -0.25) is 4.98 Å². The third-order valence-corrected chi connectivity index (χ3v) is 3.29. The molecule has 0 saturated carbocycles. The van der Waals surface area contributed by atoms with Crippen molar-refractivity contribution in [3.8, 4) is 11.3 Å². The van der Waals surface area contributed by atoms with E-state index in [0.717, 1.165) is 29.9 Å². The molecule has 0 saturated heterocycles. The van der Waals surface area contributed by atoms with Crippen molar-refractivity contribution in [2.24, 2.45) is 0 Å². The molecule has 1 aromatic carbocycles. The molecule has 2 heteroatoms. The number of benzene rings is 1. The lowest BCUT2D eigenvalue weighted by atomic mass is 10.1. The highest BCUT2D eigenvalue weighted by atomic mass is 14.9. The molecule has 0 atom stereocenters. The molecule has 2 aromatic rings. The summed E-state index contributed by atoms with van der Waals surface area (Å²) in [6, 6.07) is 14.5. The Morgan fingerprint density at radius 3 is 2.60 bits per heavy atom. The van der Waals surface area contributed by atoms with Crippen molar-refractivity contribution in [1.29, 1.82) is 0 Å². The molecule has 0 unspecified atom stereocenters. The number of nitrogens with zero attached hydrogens (tertiary/aromatic N) is 1. The molecule has 1 aromatic heterocycles. The summed E-state index contributed by atoms with van der Waals surface area (Å²) in [5.74, 6) is 0. The Morgan fingerprint density at radius 1 is 1.15 bits per heavy atom. The summed E-state index contributed by atoms with van der Waals surface area (Å²) in [6.45, 7) is 7.09. The Kier molecular flexibility index (Phi) is 5.36. The van der Waals surface area contributed by atoms with Gasteiger partial charge in [0.2, 0.25) is 0 Å². The monoisotopic (exact) mass is 266 g/mol. The second kappa shape index (κ2) is 7.49. The van der Waals surface area contributed by atoms with E-state index in [-0.39, 0.29) is 0 Å². The summed E-state index contributed by atoms with van der Waals surface area (Å²) in [4.78, 5) is 4.36. The van der Waals surface area contributed by atoms with Gasteiger partial charge in [0.05, 0.1) is 5.69 Å². The number of nitrogens with one attached hydrogen (secondary N) is 1. The molecule has 0 spiro atoms. The van der Waals surface area contributed by atoms with E-state index in [1.54, 1.807) is 0 Å². The van der Waals surface area contributed by atoms with Crippen LogP contribution in [0.5, 0.6) is 0 Å². The van der Waals surface area contributed by atoms with E-state index in [0.29, 0.717) is 0 Å². The molecule has 20 heavy (non-hydrogen) atoms. The fraction of sp³-hybridized carbons (Fsp3) is 0.278. The summed E-state index contributed by atoms with van der Waals surface area (Å²) in [5.41, 5.74) is 4.56. The number of aromatic nitrogens is 1. The maximum Gasteiger partial charge on any atom is 0.0701 e. The van der Waals surface area contributed by atoms with Crippen LogP contribution in [-0.2, 0) is 6.54 Å². The largest absolute Gasteiger partial charge is 0.385 e. The van der Waals surface area contributed by atoms with Gasteiger partial charge in [-0.2, -0.15) is 0 Å². The molecule has 104 valence electrons. The Bertz CT molecular complexity index is 529. The predicted molar refractivity (Wildman–Crippen MR) is 85.2 cm³/mol. The number of unbranched alkanes of at least 4 members (excludes halogenated alkanes) is 1. The van der Waals surface area contributed by atoms with Crippen molar-refractivity contribution in [2.45, 2.75) is 32.7 Å². The third-order valence-electron chi connectivity index (χ3n) is 3.29. The van der Waals surface area contributed by atoms with Gasteiger partial charge in [-0.15, -0.1) is 0 Å². The van der Waals surface area contributed by atoms with Gasteiger partial charge in [-0.1, -0.05) is 50.3 Å². The molecule has 0 aliphatic carbocycles. The standard InChI is InChI=1S/C18H22N2/c1-3-4-7-15(2)20-14-16-9-11-17(12-10-16)18-8-5-6-13-19-18/h5-6,8-13,20H,2-4,7,14H2,1H3. The zero-order valence-corrected chi connectivity index (χ0v) is 12.1. The van der Waals surface area contributed by atoms with E-state index < -0.39 is 0 Å². The summed E-state index contributed by atoms with van der Waals surface area (Å²) < 4.78 is 0. The fourth-order valence-electron chi connectivity index (χ4n) is 2.03. The maximum atomic E-state index is 4.36. The van der Waals surface area contributed by atoms with Crippen LogP contribution in [0, 0.1) is 0 Å². The first-order valence-electron chi connectivity index (χ1n) is 7.21. The fourth-order valence-corrected chi connectivity index (χ4v) is 2.03. The van der Waals surface area contributed by atoms with Crippen LogP contribution in [0.4, 0.5) is 0 Å². The van der Waals surface area contributed by atoms with E-state index in [1.165, 1.54) is 18.4 Å². The molecule has 0 bridgehead atoms. The van der Waals surface area contributed by atoms with Gasteiger partial charge >= 0.3 is 0 Å². The summed E-state index contributed by atoms with van der Waals surface area (Å²) in [7, 11) is 0. The summed E-state index contributed by atoms with van der Waals surface area (Å²) in [5, 5.41) is 3.38. The van der Waals surface area contributed by atoms with E-state index in [2.05, 4.69) is 48.1 Å². The molecule has 0 amide bonds. The lowest BCUT2D eigenvalue weighted by molar-refractivity contribution is 0.703. The number of hydrogen-bond donors (Lipinski definition) is 1. The highest BCUT2D eigenvalue weighted by Crippen LogP contribution is 2.17. The number of hydrogen-bond acceptors (Lipinski definition) is 2. The van der Waals surface area contributed by atoms with E-state index >= 15 is 0 Å². The highest BCUT2D eigenvalue weighted by molar-refractivity contribution is 5.58. The second-order valence-corrected chi connectivity index (χ2v) is 4.97. The summed E-state index contributed by atoms with van der Waals surface area (Å²) >= 11 is 0. The molecule has 0 radical (unpaired) electrons. The molecular formula is C18H22N2. The first-order chi connectivity index (χ1) is 9.79. The maximum absolute atomic E-state index is 4.36. The first-order valence-corrected chi connectivity index (χ1v) is 7.21. The lowest BCUT2D eigenvalue weighted by Crippen LogP contribution is -2.11. The van der Waals surface area contributed by atoms with Crippen molar-refractivity contribution < 1.29 is 0 Å². The molecule has 2 rings (SSSR count). The predicted octanol–water partition coefficient (Wildman–Crippen LogP) is 4.54. The second-order valence-electron chi connectivity index (χ2n) is 4.97. The summed E-state index contributed by atoms with van der Waals surface area (Å²) in [6.07, 6.45) is 5.29. The minimum atomic E-state index is 0.838. The molecule has 0 aliphatic rings. The van der Waals surface area contributed by atoms with Gasteiger partial charge in [0, 0.05) is 24.0 Å². The number of pyridine rings is 1. The van der Waals surface area contributed by atoms with Crippen molar-refractivity contribution in [3.63, 3.8) is 0 Å². The van der Waals surface area contributed by atoms with E-state index in [9.17, 15) is 0 Å². The average Bonchev–Trinajstić information content (AvgIpc) is 2.52. The van der Waals surface area contributed by atoms with Gasteiger partial charge in [0.25, 0.3) is 0 Å². The minimum Gasteiger partial charge on any atom is -0.385 e. The molecule has 0 fully saturated rings. The van der Waals surface area contributed by atoms with Crippen LogP contribution >= 0.6 is 0 Å². The molecule has 1 N–H and O–H groups in total. The highest BCUT2D eigenvalue weighted by Gasteiger charge is 1.99.